The van der Waals surface area contributed by atoms with E-state index in [2.05, 4.69) is 15.5 Å². The highest BCUT2D eigenvalue weighted by atomic mass is 16.5. The Balaban J connectivity index is 2.66. The number of carbonyl (C=O) groups excluding carboxylic acids is 1. The zero-order valence-electron chi connectivity index (χ0n) is 9.69. The number of aromatic nitrogens is 2. The van der Waals surface area contributed by atoms with Crippen molar-refractivity contribution in [2.24, 2.45) is 0 Å². The van der Waals surface area contributed by atoms with Crippen molar-refractivity contribution in [3.8, 4) is 0 Å². The van der Waals surface area contributed by atoms with Crippen molar-refractivity contribution in [2.45, 2.75) is 26.7 Å². The van der Waals surface area contributed by atoms with Crippen molar-refractivity contribution in [3.05, 3.63) is 18.0 Å². The van der Waals surface area contributed by atoms with E-state index in [1.165, 1.54) is 0 Å². The lowest BCUT2D eigenvalue weighted by Gasteiger charge is -2.08. The zero-order valence-corrected chi connectivity index (χ0v) is 9.69. The van der Waals surface area contributed by atoms with Crippen molar-refractivity contribution in [3.63, 3.8) is 0 Å². The SMILES string of the molecule is CCCCOC(=O)c1nnccc1NCC. The van der Waals surface area contributed by atoms with Crippen LogP contribution in [0.15, 0.2) is 12.3 Å². The average molecular weight is 223 g/mol. The van der Waals surface area contributed by atoms with Gasteiger partial charge in [0.05, 0.1) is 18.5 Å². The molecule has 5 nitrogen and oxygen atoms in total. The van der Waals surface area contributed by atoms with E-state index < -0.39 is 5.97 Å². The molecule has 0 saturated heterocycles. The number of esters is 1. The molecule has 0 amide bonds. The maximum absolute atomic E-state index is 11.7. The fourth-order valence-electron chi connectivity index (χ4n) is 1.19. The van der Waals surface area contributed by atoms with Crippen molar-refractivity contribution in [2.75, 3.05) is 18.5 Å². The first-order valence-corrected chi connectivity index (χ1v) is 5.52. The van der Waals surface area contributed by atoms with Crippen LogP contribution in [0.25, 0.3) is 0 Å². The molecule has 0 atom stereocenters. The highest BCUT2D eigenvalue weighted by Crippen LogP contribution is 2.11. The molecule has 0 saturated carbocycles. The highest BCUT2D eigenvalue weighted by Gasteiger charge is 2.14. The predicted molar refractivity (Wildman–Crippen MR) is 61.4 cm³/mol. The number of rotatable bonds is 6. The molecule has 1 N–H and O–H groups in total. The molecule has 1 aromatic heterocycles. The van der Waals surface area contributed by atoms with Crippen molar-refractivity contribution in [1.82, 2.24) is 10.2 Å². The standard InChI is InChI=1S/C11H17N3O2/c1-3-5-8-16-11(15)10-9(12-4-2)6-7-13-14-10/h6-7H,3-5,8H2,1-2H3,(H,12,13). The fourth-order valence-corrected chi connectivity index (χ4v) is 1.19. The Kier molecular flexibility index (Phi) is 5.25. The number of anilines is 1. The molecule has 1 heterocycles. The van der Waals surface area contributed by atoms with Crippen molar-refractivity contribution in [1.29, 1.82) is 0 Å². The van der Waals surface area contributed by atoms with Gasteiger partial charge in [-0.15, -0.1) is 5.10 Å². The van der Waals surface area contributed by atoms with Crippen LogP contribution >= 0.6 is 0 Å². The van der Waals surface area contributed by atoms with E-state index in [0.717, 1.165) is 19.4 Å². The molecule has 0 aliphatic rings. The van der Waals surface area contributed by atoms with E-state index in [1.807, 2.05) is 13.8 Å². The topological polar surface area (TPSA) is 64.1 Å². The second-order valence-corrected chi connectivity index (χ2v) is 3.31. The zero-order chi connectivity index (χ0) is 11.8. The molecule has 1 rings (SSSR count). The Morgan fingerprint density at radius 3 is 3.00 bits per heavy atom. The normalized spacial score (nSPS) is 9.88. The third kappa shape index (κ3) is 3.49. The van der Waals surface area contributed by atoms with Gasteiger partial charge in [0.15, 0.2) is 5.69 Å². The van der Waals surface area contributed by atoms with Gasteiger partial charge >= 0.3 is 5.97 Å². The fraction of sp³-hybridized carbons (Fsp3) is 0.545. The third-order valence-electron chi connectivity index (χ3n) is 2.01. The monoisotopic (exact) mass is 223 g/mol. The Morgan fingerprint density at radius 1 is 1.50 bits per heavy atom. The molecule has 0 bridgehead atoms. The Hall–Kier alpha value is -1.65. The van der Waals surface area contributed by atoms with Crippen LogP contribution in [-0.2, 0) is 4.74 Å². The highest BCUT2D eigenvalue weighted by molar-refractivity contribution is 5.93. The summed E-state index contributed by atoms with van der Waals surface area (Å²) in [4.78, 5) is 11.7. The van der Waals surface area contributed by atoms with Crippen LogP contribution < -0.4 is 5.32 Å². The predicted octanol–water partition coefficient (Wildman–Crippen LogP) is 1.87. The first kappa shape index (κ1) is 12.4. The lowest BCUT2D eigenvalue weighted by Crippen LogP contribution is -2.13. The van der Waals surface area contributed by atoms with Gasteiger partial charge in [0.1, 0.15) is 0 Å². The summed E-state index contributed by atoms with van der Waals surface area (Å²) in [7, 11) is 0. The lowest BCUT2D eigenvalue weighted by atomic mass is 10.3. The van der Waals surface area contributed by atoms with Gasteiger partial charge in [0, 0.05) is 6.54 Å². The molecule has 0 spiro atoms. The van der Waals surface area contributed by atoms with Gasteiger partial charge in [-0.25, -0.2) is 4.79 Å². The quantitative estimate of drug-likeness (QED) is 0.589. The Labute approximate surface area is 95.2 Å². The second-order valence-electron chi connectivity index (χ2n) is 3.31. The average Bonchev–Trinajstić information content (AvgIpc) is 2.30. The van der Waals surface area contributed by atoms with E-state index in [-0.39, 0.29) is 5.69 Å². The van der Waals surface area contributed by atoms with Gasteiger partial charge in [-0.05, 0) is 19.4 Å². The van der Waals surface area contributed by atoms with E-state index in [1.54, 1.807) is 12.3 Å². The lowest BCUT2D eigenvalue weighted by molar-refractivity contribution is 0.0492. The summed E-state index contributed by atoms with van der Waals surface area (Å²) in [6.07, 6.45) is 3.40. The molecular weight excluding hydrogens is 206 g/mol. The molecule has 0 fully saturated rings. The number of nitrogens with zero attached hydrogens (tertiary/aromatic N) is 2. The Morgan fingerprint density at radius 2 is 2.31 bits per heavy atom. The molecule has 0 aromatic carbocycles. The molecular formula is C11H17N3O2. The van der Waals surface area contributed by atoms with Crippen LogP contribution in [-0.4, -0.2) is 29.3 Å². The number of hydrogen-bond acceptors (Lipinski definition) is 5. The molecule has 1 aromatic rings. The van der Waals surface area contributed by atoms with E-state index in [0.29, 0.717) is 12.3 Å². The summed E-state index contributed by atoms with van der Waals surface area (Å²) in [6, 6.07) is 1.72. The maximum Gasteiger partial charge on any atom is 0.361 e. The summed E-state index contributed by atoms with van der Waals surface area (Å²) in [6.45, 7) is 5.14. The van der Waals surface area contributed by atoms with Crippen LogP contribution in [0.2, 0.25) is 0 Å². The summed E-state index contributed by atoms with van der Waals surface area (Å²) >= 11 is 0. The van der Waals surface area contributed by atoms with Gasteiger partial charge in [0.2, 0.25) is 0 Å². The number of carbonyl (C=O) groups is 1. The molecule has 0 aliphatic carbocycles. The minimum atomic E-state index is -0.419. The van der Waals surface area contributed by atoms with Crippen LogP contribution in [0.1, 0.15) is 37.2 Å². The van der Waals surface area contributed by atoms with E-state index in [4.69, 9.17) is 4.74 Å². The minimum absolute atomic E-state index is 0.250. The molecule has 0 radical (unpaired) electrons. The molecule has 88 valence electrons. The first-order valence-electron chi connectivity index (χ1n) is 5.52. The molecule has 16 heavy (non-hydrogen) atoms. The van der Waals surface area contributed by atoms with Gasteiger partial charge < -0.3 is 10.1 Å². The van der Waals surface area contributed by atoms with Crippen LogP contribution in [0.5, 0.6) is 0 Å². The van der Waals surface area contributed by atoms with Crippen LogP contribution in [0.3, 0.4) is 0 Å². The number of ether oxygens (including phenoxy) is 1. The van der Waals surface area contributed by atoms with Crippen molar-refractivity contribution < 1.29 is 9.53 Å². The second kappa shape index (κ2) is 6.76. The van der Waals surface area contributed by atoms with Gasteiger partial charge in [-0.1, -0.05) is 13.3 Å². The minimum Gasteiger partial charge on any atom is -0.461 e. The summed E-state index contributed by atoms with van der Waals surface area (Å²) in [5.74, 6) is -0.419. The Bertz CT molecular complexity index is 342. The molecule has 0 unspecified atom stereocenters. The summed E-state index contributed by atoms with van der Waals surface area (Å²) < 4.78 is 5.07. The third-order valence-corrected chi connectivity index (χ3v) is 2.01. The van der Waals surface area contributed by atoms with E-state index >= 15 is 0 Å². The molecule has 5 heteroatoms. The number of unbranched alkanes of at least 4 members (excludes halogenated alkanes) is 1. The smallest absolute Gasteiger partial charge is 0.361 e. The van der Waals surface area contributed by atoms with Gasteiger partial charge in [-0.2, -0.15) is 5.10 Å². The number of hydrogen-bond donors (Lipinski definition) is 1. The van der Waals surface area contributed by atoms with E-state index in [9.17, 15) is 4.79 Å². The van der Waals surface area contributed by atoms with Crippen LogP contribution in [0.4, 0.5) is 5.69 Å². The number of nitrogens with one attached hydrogen (secondary N) is 1. The summed E-state index contributed by atoms with van der Waals surface area (Å²) in [5.41, 5.74) is 0.916. The van der Waals surface area contributed by atoms with Crippen LogP contribution in [0, 0.1) is 0 Å². The van der Waals surface area contributed by atoms with Gasteiger partial charge in [-0.3, -0.25) is 0 Å². The first-order chi connectivity index (χ1) is 7.79. The largest absolute Gasteiger partial charge is 0.461 e. The van der Waals surface area contributed by atoms with Gasteiger partial charge in [0.25, 0.3) is 0 Å². The molecule has 0 aliphatic heterocycles. The van der Waals surface area contributed by atoms with Crippen molar-refractivity contribution >= 4 is 11.7 Å². The maximum atomic E-state index is 11.7. The summed E-state index contributed by atoms with van der Waals surface area (Å²) in [5, 5.41) is 10.5.